The largest absolute Gasteiger partial charge is 1.00 e. The van der Waals surface area contributed by atoms with Crippen LogP contribution in [-0.4, -0.2) is 69.7 Å². The van der Waals surface area contributed by atoms with Crippen molar-refractivity contribution in [3.63, 3.8) is 0 Å². The zero-order chi connectivity index (χ0) is 47.5. The van der Waals surface area contributed by atoms with Gasteiger partial charge in [-0.3, -0.25) is 20.2 Å². The number of azo groups is 2. The molecule has 0 aliphatic heterocycles. The Bertz CT molecular complexity index is 3930. The first-order valence-electron chi connectivity index (χ1n) is 18.1. The van der Waals surface area contributed by atoms with E-state index in [1.54, 1.807) is 0 Å². The van der Waals surface area contributed by atoms with Gasteiger partial charge in [-0.2, -0.15) is 41.9 Å². The van der Waals surface area contributed by atoms with Gasteiger partial charge in [-0.15, -0.1) is 25.8 Å². The number of benzene rings is 6. The minimum atomic E-state index is -5.32. The standard InChI is InChI=1S/C37H19ClN13O12S4.3Na/c38-35-41-36(39-17-4-7-20-16(10-17)12-27(67(61,62)63)29(31(20)52)44-47-34-22-13-18(50(54)55)6-9-24(22)64-49-34)43-37(42-35)40-23-3-1-2-15-11-26(66(58,59)60)30(32(53)28(15)23)45-46-33-21-8-5-19(51(56)57)14-25(21)65-48-33;;;/h2-14,52-53H,(H,58,59,60)(H,61,62,63)(H2,39,40,41,42,43);;;/q-1;3*+1/p-2. The van der Waals surface area contributed by atoms with E-state index in [-0.39, 0.29) is 167 Å². The predicted octanol–water partition coefficient (Wildman–Crippen LogP) is 0.217. The summed E-state index contributed by atoms with van der Waals surface area (Å²) >= 11 is 8.03. The Balaban J connectivity index is 0.00000268. The second-order valence-corrected chi connectivity index (χ2v) is 18.3. The minimum Gasteiger partial charge on any atom is -0.744 e. The Hall–Kier alpha value is -5.06. The van der Waals surface area contributed by atoms with Crippen molar-refractivity contribution in [1.29, 1.82) is 0 Å². The summed E-state index contributed by atoms with van der Waals surface area (Å²) in [6, 6.07) is 19.0. The van der Waals surface area contributed by atoms with Crippen LogP contribution in [0, 0.1) is 26.3 Å². The normalized spacial score (nSPS) is 11.8. The van der Waals surface area contributed by atoms with Crippen molar-refractivity contribution in [2.45, 2.75) is 9.79 Å². The summed E-state index contributed by atoms with van der Waals surface area (Å²) in [5.74, 6) is -2.27. The maximum Gasteiger partial charge on any atom is 1.00 e. The molecule has 0 atom stereocenters. The third kappa shape index (κ3) is 11.0. The molecule has 0 aliphatic rings. The van der Waals surface area contributed by atoms with Crippen LogP contribution in [0.15, 0.2) is 109 Å². The number of hydrogen-bond donors (Lipinski definition) is 4. The monoisotopic (exact) mass is 1070 g/mol. The van der Waals surface area contributed by atoms with Crippen molar-refractivity contribution >= 4 is 154 Å². The number of nitro groups is 2. The Labute approximate surface area is 470 Å². The zero-order valence-electron chi connectivity index (χ0n) is 35.4. The third-order valence-corrected chi connectivity index (χ3v) is 13.0. The predicted molar refractivity (Wildman–Crippen MR) is 238 cm³/mol. The first-order chi connectivity index (χ1) is 31.8. The molecule has 0 saturated heterocycles. The molecule has 33 heteroatoms. The maximum atomic E-state index is 12.5. The topological polar surface area (TPSA) is 379 Å². The Morgan fingerprint density at radius 3 is 1.83 bits per heavy atom. The molecule has 0 aliphatic carbocycles. The number of nitrogens with one attached hydrogen (secondary N) is 2. The number of rotatable bonds is 12. The van der Waals surface area contributed by atoms with Crippen LogP contribution in [-0.2, 0) is 20.2 Å². The fourth-order valence-corrected chi connectivity index (χ4v) is 9.44. The van der Waals surface area contributed by atoms with Crippen molar-refractivity contribution in [3.8, 4) is 11.5 Å². The molecule has 25 nitrogen and oxygen atoms in total. The van der Waals surface area contributed by atoms with E-state index in [0.717, 1.165) is 35.2 Å². The summed E-state index contributed by atoms with van der Waals surface area (Å²) in [6.45, 7) is 0. The maximum absolute atomic E-state index is 12.5. The summed E-state index contributed by atoms with van der Waals surface area (Å²) in [5, 5.41) is 66.6. The molecule has 0 radical (unpaired) electrons. The van der Waals surface area contributed by atoms with Gasteiger partial charge in [0.05, 0.1) is 29.0 Å². The van der Waals surface area contributed by atoms with Crippen LogP contribution in [0.4, 0.5) is 57.7 Å². The van der Waals surface area contributed by atoms with E-state index in [9.17, 15) is 56.4 Å². The van der Waals surface area contributed by atoms with E-state index < -0.39 is 62.7 Å². The van der Waals surface area contributed by atoms with E-state index in [4.69, 9.17) is 11.6 Å². The number of fused-ring (bicyclic) bond motifs is 4. The molecule has 70 heavy (non-hydrogen) atoms. The summed E-state index contributed by atoms with van der Waals surface area (Å²) in [7, 11) is -10.6. The van der Waals surface area contributed by atoms with Crippen LogP contribution < -0.4 is 99.3 Å². The molecule has 9 rings (SSSR count). The van der Waals surface area contributed by atoms with Gasteiger partial charge in [0.25, 0.3) is 11.4 Å². The Kier molecular flexibility index (Phi) is 16.5. The second kappa shape index (κ2) is 21.3. The van der Waals surface area contributed by atoms with E-state index in [1.165, 1.54) is 66.7 Å². The van der Waals surface area contributed by atoms with Crippen LogP contribution in [0.3, 0.4) is 0 Å². The average Bonchev–Trinajstić information content (AvgIpc) is 3.87. The van der Waals surface area contributed by atoms with Gasteiger partial charge < -0.3 is 30.0 Å². The van der Waals surface area contributed by atoms with Gasteiger partial charge in [0.15, 0.2) is 17.4 Å². The van der Waals surface area contributed by atoms with E-state index in [0.29, 0.717) is 14.8 Å². The smallest absolute Gasteiger partial charge is 0.744 e. The van der Waals surface area contributed by atoms with Gasteiger partial charge >= 0.3 is 88.7 Å². The van der Waals surface area contributed by atoms with Crippen molar-refractivity contribution < 1.29 is 135 Å². The number of halogens is 1. The molecule has 0 saturated carbocycles. The molecule has 0 unspecified atom stereocenters. The number of phenolic OH excluding ortho intramolecular Hbond substituents is 2. The molecular formula is C37H17ClN13Na3O12S4. The number of non-ortho nitro benzene ring substituents is 2. The van der Waals surface area contributed by atoms with Gasteiger partial charge in [-0.05, 0) is 76.5 Å². The summed E-state index contributed by atoms with van der Waals surface area (Å²) in [6.07, 6.45) is 0. The summed E-state index contributed by atoms with van der Waals surface area (Å²) in [5.41, 5.74) is -1.79. The van der Waals surface area contributed by atoms with Gasteiger partial charge in [0, 0.05) is 46.1 Å². The number of aromatic nitrogens is 5. The zero-order valence-corrected chi connectivity index (χ0v) is 45.4. The van der Waals surface area contributed by atoms with Crippen LogP contribution in [0.25, 0.3) is 41.7 Å². The van der Waals surface area contributed by atoms with E-state index in [2.05, 4.69) is 60.9 Å². The fraction of sp³-hybridized carbons (Fsp3) is 0. The van der Waals surface area contributed by atoms with Gasteiger partial charge in [0.1, 0.15) is 37.4 Å². The number of phenols is 2. The SMILES string of the molecule is O=[N+]([O-])c1ccc2c(N=Nc3c(S(=O)(=O)[O-])cc4c[c-]cc(Nc5nc(Cl)nc(Nc6ccc7c(O)c(N=Nc8nsc9ccc([N+](=O)[O-])cc89)c(S(=O)(=O)[O-])cc7c6)n5)c4c3O)nsc2c1.[Na+].[Na+].[Na+]. The molecule has 4 N–H and O–H groups in total. The molecule has 9 aromatic rings. The molecule has 0 bridgehead atoms. The number of nitrogens with zero attached hydrogens (tertiary/aromatic N) is 11. The van der Waals surface area contributed by atoms with Crippen LogP contribution in [0.1, 0.15) is 0 Å². The molecule has 0 fully saturated rings. The van der Waals surface area contributed by atoms with E-state index >= 15 is 0 Å². The molecule has 336 valence electrons. The molecule has 3 aromatic heterocycles. The summed E-state index contributed by atoms with van der Waals surface area (Å²) < 4.78 is 83.7. The number of aromatic hydroxyl groups is 2. The fourth-order valence-electron chi connectivity index (χ4n) is 6.54. The van der Waals surface area contributed by atoms with Crippen molar-refractivity contribution in [2.75, 3.05) is 10.6 Å². The number of hydrogen-bond acceptors (Lipinski definition) is 25. The summed E-state index contributed by atoms with van der Waals surface area (Å²) in [4.78, 5) is 31.8. The average molecular weight is 1070 g/mol. The second-order valence-electron chi connectivity index (χ2n) is 13.6. The Morgan fingerprint density at radius 2 is 1.19 bits per heavy atom. The number of nitro benzene ring substituents is 2. The molecule has 6 aromatic carbocycles. The molecule has 3 heterocycles. The van der Waals surface area contributed by atoms with Crippen molar-refractivity contribution in [2.24, 2.45) is 20.5 Å². The number of anilines is 4. The molecule has 0 spiro atoms. The van der Waals surface area contributed by atoms with Crippen molar-refractivity contribution in [3.05, 3.63) is 110 Å². The van der Waals surface area contributed by atoms with Crippen LogP contribution >= 0.6 is 34.7 Å². The first kappa shape index (κ1) is 54.3. The van der Waals surface area contributed by atoms with Crippen molar-refractivity contribution in [1.82, 2.24) is 23.7 Å². The molecule has 0 amide bonds. The minimum absolute atomic E-state index is 0. The van der Waals surface area contributed by atoms with Crippen LogP contribution in [0.5, 0.6) is 11.5 Å². The van der Waals surface area contributed by atoms with Gasteiger partial charge in [0.2, 0.25) is 17.2 Å². The first-order valence-corrected chi connectivity index (χ1v) is 22.8. The molecular weight excluding hydrogens is 1050 g/mol. The van der Waals surface area contributed by atoms with Crippen LogP contribution in [0.2, 0.25) is 5.28 Å². The Morgan fingerprint density at radius 1 is 0.629 bits per heavy atom. The third-order valence-electron chi connectivity index (χ3n) is 9.49. The quantitative estimate of drug-likeness (QED) is 0.0317. The van der Waals surface area contributed by atoms with Gasteiger partial charge in [-0.25, -0.2) is 16.8 Å². The van der Waals surface area contributed by atoms with E-state index in [1.807, 2.05) is 0 Å². The van der Waals surface area contributed by atoms with Gasteiger partial charge in [-0.1, -0.05) is 17.1 Å².